The van der Waals surface area contributed by atoms with E-state index in [1.165, 1.54) is 0 Å². The van der Waals surface area contributed by atoms with Crippen LogP contribution < -0.4 is 15.8 Å². The predicted octanol–water partition coefficient (Wildman–Crippen LogP) is 2.96. The molecule has 0 aliphatic carbocycles. The van der Waals surface area contributed by atoms with Crippen LogP contribution in [0.15, 0.2) is 47.1 Å². The lowest BCUT2D eigenvalue weighted by molar-refractivity contribution is 0.0945. The van der Waals surface area contributed by atoms with Crippen LogP contribution >= 0.6 is 15.9 Å². The fourth-order valence-electron chi connectivity index (χ4n) is 1.73. The van der Waals surface area contributed by atoms with Gasteiger partial charge in [-0.25, -0.2) is 4.98 Å². The summed E-state index contributed by atoms with van der Waals surface area (Å²) in [6, 6.07) is 10.8. The summed E-state index contributed by atoms with van der Waals surface area (Å²) >= 11 is 3.38. The molecule has 0 saturated carbocycles. The van der Waals surface area contributed by atoms with Crippen LogP contribution in [-0.4, -0.2) is 24.0 Å². The lowest BCUT2D eigenvalue weighted by Gasteiger charge is -2.12. The molecule has 6 heteroatoms. The highest BCUT2D eigenvalue weighted by atomic mass is 79.9. The number of nitrogens with one attached hydrogen (secondary N) is 1. The van der Waals surface area contributed by atoms with E-state index in [0.717, 1.165) is 4.47 Å². The minimum absolute atomic E-state index is 0.218. The maximum absolute atomic E-state index is 12.3. The summed E-state index contributed by atoms with van der Waals surface area (Å²) in [5, 5.41) is 2.84. The predicted molar refractivity (Wildman–Crippen MR) is 89.0 cm³/mol. The largest absolute Gasteiger partial charge is 0.438 e. The third-order valence-corrected chi connectivity index (χ3v) is 3.53. The van der Waals surface area contributed by atoms with Crippen LogP contribution in [0.1, 0.15) is 17.3 Å². The van der Waals surface area contributed by atoms with Gasteiger partial charge in [0.1, 0.15) is 11.3 Å². The van der Waals surface area contributed by atoms with E-state index >= 15 is 0 Å². The first-order valence-corrected chi connectivity index (χ1v) is 7.76. The van der Waals surface area contributed by atoms with Gasteiger partial charge in [-0.1, -0.05) is 28.9 Å². The fourth-order valence-corrected chi connectivity index (χ4v) is 2.11. The molecule has 3 N–H and O–H groups in total. The van der Waals surface area contributed by atoms with E-state index < -0.39 is 0 Å². The van der Waals surface area contributed by atoms with Gasteiger partial charge in [-0.3, -0.25) is 4.79 Å². The molecular formula is C16H18BrN3O2. The SMILES string of the molecule is CC(CN)CNC(=O)c1cccnc1Oc1cccc(Br)c1. The Balaban J connectivity index is 2.14. The van der Waals surface area contributed by atoms with Crippen LogP contribution in [-0.2, 0) is 0 Å². The average Bonchev–Trinajstić information content (AvgIpc) is 2.53. The molecule has 22 heavy (non-hydrogen) atoms. The molecule has 0 spiro atoms. The Morgan fingerprint density at radius 1 is 1.41 bits per heavy atom. The third-order valence-electron chi connectivity index (χ3n) is 3.04. The Kier molecular flexibility index (Phi) is 5.91. The van der Waals surface area contributed by atoms with Gasteiger partial charge in [0.15, 0.2) is 0 Å². The highest BCUT2D eigenvalue weighted by Gasteiger charge is 2.14. The van der Waals surface area contributed by atoms with Crippen molar-refractivity contribution in [1.82, 2.24) is 10.3 Å². The minimum Gasteiger partial charge on any atom is -0.438 e. The van der Waals surface area contributed by atoms with Gasteiger partial charge in [-0.05, 0) is 42.8 Å². The van der Waals surface area contributed by atoms with Crippen LogP contribution in [0, 0.1) is 5.92 Å². The molecule has 1 heterocycles. The van der Waals surface area contributed by atoms with E-state index in [1.807, 2.05) is 25.1 Å². The van der Waals surface area contributed by atoms with Gasteiger partial charge < -0.3 is 15.8 Å². The van der Waals surface area contributed by atoms with Crippen molar-refractivity contribution in [2.75, 3.05) is 13.1 Å². The highest BCUT2D eigenvalue weighted by Crippen LogP contribution is 2.25. The summed E-state index contributed by atoms with van der Waals surface area (Å²) in [5.41, 5.74) is 5.95. The van der Waals surface area contributed by atoms with E-state index in [4.69, 9.17) is 10.5 Å². The Bertz CT molecular complexity index is 649. The highest BCUT2D eigenvalue weighted by molar-refractivity contribution is 9.10. The number of pyridine rings is 1. The standard InChI is InChI=1S/C16H18BrN3O2/c1-11(9-18)10-20-15(21)14-6-3-7-19-16(14)22-13-5-2-4-12(17)8-13/h2-8,11H,9-10,18H2,1H3,(H,20,21). The van der Waals surface area contributed by atoms with Crippen LogP contribution in [0.4, 0.5) is 0 Å². The summed E-state index contributed by atoms with van der Waals surface area (Å²) in [7, 11) is 0. The number of nitrogens with zero attached hydrogens (tertiary/aromatic N) is 1. The van der Waals surface area contributed by atoms with Crippen LogP contribution in [0.2, 0.25) is 0 Å². The van der Waals surface area contributed by atoms with E-state index in [2.05, 4.69) is 26.2 Å². The zero-order valence-corrected chi connectivity index (χ0v) is 13.8. The minimum atomic E-state index is -0.224. The second kappa shape index (κ2) is 7.91. The summed E-state index contributed by atoms with van der Waals surface area (Å²) in [5.74, 6) is 0.879. The summed E-state index contributed by atoms with van der Waals surface area (Å²) in [6.07, 6.45) is 1.59. The Morgan fingerprint density at radius 3 is 2.95 bits per heavy atom. The molecule has 1 amide bonds. The van der Waals surface area contributed by atoms with E-state index in [0.29, 0.717) is 24.4 Å². The molecule has 2 aromatic rings. The molecule has 1 unspecified atom stereocenters. The van der Waals surface area contributed by atoms with Crippen LogP contribution in [0.25, 0.3) is 0 Å². The molecule has 0 aliphatic rings. The average molecular weight is 364 g/mol. The number of hydrogen-bond acceptors (Lipinski definition) is 4. The summed E-state index contributed by atoms with van der Waals surface area (Å²) in [6.45, 7) is 3.01. The van der Waals surface area contributed by atoms with Crippen molar-refractivity contribution in [3.63, 3.8) is 0 Å². The second-order valence-electron chi connectivity index (χ2n) is 4.97. The molecule has 116 valence electrons. The van der Waals surface area contributed by atoms with Gasteiger partial charge in [0.25, 0.3) is 5.91 Å². The number of carbonyl (C=O) groups is 1. The molecule has 2 rings (SSSR count). The monoisotopic (exact) mass is 363 g/mol. The third kappa shape index (κ3) is 4.54. The van der Waals surface area contributed by atoms with E-state index in [-0.39, 0.29) is 17.7 Å². The lowest BCUT2D eigenvalue weighted by Crippen LogP contribution is -2.31. The van der Waals surface area contributed by atoms with Crippen molar-refractivity contribution in [3.05, 3.63) is 52.6 Å². The van der Waals surface area contributed by atoms with E-state index in [9.17, 15) is 4.79 Å². The number of ether oxygens (including phenoxy) is 1. The maximum atomic E-state index is 12.3. The van der Waals surface area contributed by atoms with Crippen molar-refractivity contribution < 1.29 is 9.53 Å². The first-order chi connectivity index (χ1) is 10.6. The molecule has 1 atom stereocenters. The molecule has 0 radical (unpaired) electrons. The van der Waals surface area contributed by atoms with E-state index in [1.54, 1.807) is 24.4 Å². The van der Waals surface area contributed by atoms with Crippen molar-refractivity contribution in [2.45, 2.75) is 6.92 Å². The van der Waals surface area contributed by atoms with Gasteiger partial charge >= 0.3 is 0 Å². The zero-order valence-electron chi connectivity index (χ0n) is 12.3. The number of hydrogen-bond donors (Lipinski definition) is 2. The van der Waals surface area contributed by atoms with Crippen LogP contribution in [0.3, 0.4) is 0 Å². The van der Waals surface area contributed by atoms with Crippen molar-refractivity contribution in [1.29, 1.82) is 0 Å². The zero-order chi connectivity index (χ0) is 15.9. The second-order valence-corrected chi connectivity index (χ2v) is 5.88. The number of benzene rings is 1. The number of halogens is 1. The molecule has 0 bridgehead atoms. The Labute approximate surface area is 138 Å². The summed E-state index contributed by atoms with van der Waals surface area (Å²) in [4.78, 5) is 16.4. The number of aromatic nitrogens is 1. The number of carbonyl (C=O) groups excluding carboxylic acids is 1. The Hall–Kier alpha value is -1.92. The smallest absolute Gasteiger partial charge is 0.256 e. The number of amides is 1. The topological polar surface area (TPSA) is 77.2 Å². The fraction of sp³-hybridized carbons (Fsp3) is 0.250. The molecule has 1 aromatic carbocycles. The van der Waals surface area contributed by atoms with Gasteiger partial charge in [0.2, 0.25) is 5.88 Å². The van der Waals surface area contributed by atoms with Crippen molar-refractivity contribution >= 4 is 21.8 Å². The number of nitrogens with two attached hydrogens (primary N) is 1. The quantitative estimate of drug-likeness (QED) is 0.826. The van der Waals surface area contributed by atoms with Gasteiger partial charge in [0, 0.05) is 17.2 Å². The molecule has 5 nitrogen and oxygen atoms in total. The van der Waals surface area contributed by atoms with Crippen molar-refractivity contribution in [3.8, 4) is 11.6 Å². The molecule has 0 fully saturated rings. The Morgan fingerprint density at radius 2 is 2.23 bits per heavy atom. The summed E-state index contributed by atoms with van der Waals surface area (Å²) < 4.78 is 6.61. The lowest BCUT2D eigenvalue weighted by atomic mass is 10.2. The number of rotatable bonds is 6. The molecule has 1 aromatic heterocycles. The molecular weight excluding hydrogens is 346 g/mol. The van der Waals surface area contributed by atoms with Crippen molar-refractivity contribution in [2.24, 2.45) is 11.7 Å². The molecule has 0 aliphatic heterocycles. The van der Waals surface area contributed by atoms with Crippen LogP contribution in [0.5, 0.6) is 11.6 Å². The first-order valence-electron chi connectivity index (χ1n) is 6.97. The maximum Gasteiger partial charge on any atom is 0.256 e. The van der Waals surface area contributed by atoms with Gasteiger partial charge in [-0.2, -0.15) is 0 Å². The molecule has 0 saturated heterocycles. The van der Waals surface area contributed by atoms with Gasteiger partial charge in [0.05, 0.1) is 0 Å². The first kappa shape index (κ1) is 16.5. The van der Waals surface area contributed by atoms with Gasteiger partial charge in [-0.15, -0.1) is 0 Å². The normalized spacial score (nSPS) is 11.8.